The monoisotopic (exact) mass is 480 g/mol. The normalized spacial score (nSPS) is 12.6. The molecule has 2 unspecified atom stereocenters. The Balaban J connectivity index is 1.77. The Morgan fingerprint density at radius 3 is 2.27 bits per heavy atom. The zero-order valence-corrected chi connectivity index (χ0v) is 21.3. The Morgan fingerprint density at radius 2 is 1.67 bits per heavy atom. The molecular formula is C27H32N2O2S2. The molecule has 6 heteroatoms. The third-order valence-corrected chi connectivity index (χ3v) is 7.07. The molecule has 1 aromatic heterocycles. The Hall–Kier alpha value is -2.70. The van der Waals surface area contributed by atoms with Crippen molar-refractivity contribution in [1.82, 2.24) is 5.32 Å². The highest BCUT2D eigenvalue weighted by atomic mass is 32.1. The standard InChI is InChI=1S/C27H32N2O2S2/c1-5-18(4)19-13-15-20(16-14-19)23(6-2)28-27(32)29-25-22(26(30)31-7-3)17-24(33-25)21-11-9-8-10-12-21/h8-18,23H,5-7H2,1-4H3,(H2,28,29,32). The van der Waals surface area contributed by atoms with Crippen molar-refractivity contribution in [2.45, 2.75) is 52.5 Å². The third-order valence-electron chi connectivity index (χ3n) is 5.75. The minimum Gasteiger partial charge on any atom is -0.462 e. The number of nitrogens with one attached hydrogen (secondary N) is 2. The first-order valence-electron chi connectivity index (χ1n) is 11.5. The molecule has 0 bridgehead atoms. The van der Waals surface area contributed by atoms with E-state index in [1.54, 1.807) is 6.92 Å². The van der Waals surface area contributed by atoms with Gasteiger partial charge in [0.2, 0.25) is 0 Å². The number of hydrogen-bond donors (Lipinski definition) is 2. The molecule has 3 rings (SSSR count). The van der Waals surface area contributed by atoms with E-state index in [1.807, 2.05) is 36.4 Å². The summed E-state index contributed by atoms with van der Waals surface area (Å²) in [5.41, 5.74) is 4.09. The SMILES string of the molecule is CCOC(=O)c1cc(-c2ccccc2)sc1NC(=S)NC(CC)c1ccc(C(C)CC)cc1. The smallest absolute Gasteiger partial charge is 0.341 e. The number of thiophene rings is 1. The summed E-state index contributed by atoms with van der Waals surface area (Å²) in [6, 6.07) is 20.7. The molecule has 33 heavy (non-hydrogen) atoms. The lowest BCUT2D eigenvalue weighted by atomic mass is 9.95. The minimum absolute atomic E-state index is 0.0792. The molecule has 0 aliphatic rings. The number of anilines is 1. The van der Waals surface area contributed by atoms with Crippen LogP contribution in [0, 0.1) is 0 Å². The van der Waals surface area contributed by atoms with Crippen molar-refractivity contribution in [3.05, 3.63) is 77.4 Å². The van der Waals surface area contributed by atoms with E-state index in [9.17, 15) is 4.79 Å². The number of carbonyl (C=O) groups excluding carboxylic acids is 1. The lowest BCUT2D eigenvalue weighted by Crippen LogP contribution is -2.32. The highest BCUT2D eigenvalue weighted by Crippen LogP contribution is 2.36. The van der Waals surface area contributed by atoms with Crippen molar-refractivity contribution in [1.29, 1.82) is 0 Å². The second-order valence-corrected chi connectivity index (χ2v) is 9.44. The van der Waals surface area contributed by atoms with Gasteiger partial charge in [-0.05, 0) is 60.7 Å². The predicted octanol–water partition coefficient (Wildman–Crippen LogP) is 7.54. The second-order valence-electron chi connectivity index (χ2n) is 7.98. The Bertz CT molecular complexity index is 1060. The summed E-state index contributed by atoms with van der Waals surface area (Å²) in [6.07, 6.45) is 2.01. The van der Waals surface area contributed by atoms with Crippen molar-refractivity contribution in [2.75, 3.05) is 11.9 Å². The van der Waals surface area contributed by atoms with Gasteiger partial charge in [-0.15, -0.1) is 11.3 Å². The van der Waals surface area contributed by atoms with Crippen LogP contribution in [0.15, 0.2) is 60.7 Å². The Morgan fingerprint density at radius 1 is 1.00 bits per heavy atom. The van der Waals surface area contributed by atoms with Crippen LogP contribution < -0.4 is 10.6 Å². The first kappa shape index (κ1) is 24.9. The van der Waals surface area contributed by atoms with Crippen molar-refractivity contribution in [3.8, 4) is 10.4 Å². The molecule has 0 radical (unpaired) electrons. The zero-order valence-electron chi connectivity index (χ0n) is 19.7. The van der Waals surface area contributed by atoms with Crippen LogP contribution in [0.25, 0.3) is 10.4 Å². The number of ether oxygens (including phenoxy) is 1. The average Bonchev–Trinajstić information content (AvgIpc) is 3.26. The van der Waals surface area contributed by atoms with Gasteiger partial charge in [-0.3, -0.25) is 0 Å². The molecule has 0 aliphatic carbocycles. The first-order valence-corrected chi connectivity index (χ1v) is 12.7. The van der Waals surface area contributed by atoms with Crippen LogP contribution in [-0.2, 0) is 4.74 Å². The molecule has 0 spiro atoms. The van der Waals surface area contributed by atoms with Crippen LogP contribution in [0.1, 0.15) is 74.0 Å². The third kappa shape index (κ3) is 6.42. The first-order chi connectivity index (χ1) is 16.0. The van der Waals surface area contributed by atoms with Gasteiger partial charge in [0, 0.05) is 4.88 Å². The maximum atomic E-state index is 12.6. The summed E-state index contributed by atoms with van der Waals surface area (Å²) >= 11 is 7.13. The number of thiocarbonyl (C=S) groups is 1. The largest absolute Gasteiger partial charge is 0.462 e. The molecule has 174 valence electrons. The van der Waals surface area contributed by atoms with Gasteiger partial charge in [0.15, 0.2) is 5.11 Å². The van der Waals surface area contributed by atoms with Gasteiger partial charge < -0.3 is 15.4 Å². The summed E-state index contributed by atoms with van der Waals surface area (Å²) < 4.78 is 5.27. The average molecular weight is 481 g/mol. The molecule has 4 nitrogen and oxygen atoms in total. The maximum Gasteiger partial charge on any atom is 0.341 e. The molecule has 0 fully saturated rings. The molecular weight excluding hydrogens is 448 g/mol. The van der Waals surface area contributed by atoms with Gasteiger partial charge in [0.1, 0.15) is 5.00 Å². The molecule has 2 aromatic carbocycles. The van der Waals surface area contributed by atoms with Gasteiger partial charge in [-0.25, -0.2) is 4.79 Å². The Kier molecular flexibility index (Phi) is 9.03. The van der Waals surface area contributed by atoms with Crippen molar-refractivity contribution < 1.29 is 9.53 Å². The van der Waals surface area contributed by atoms with Crippen LogP contribution in [0.5, 0.6) is 0 Å². The van der Waals surface area contributed by atoms with Crippen molar-refractivity contribution >= 4 is 39.6 Å². The van der Waals surface area contributed by atoms with E-state index >= 15 is 0 Å². The predicted molar refractivity (Wildman–Crippen MR) is 143 cm³/mol. The zero-order chi connectivity index (χ0) is 23.8. The van der Waals surface area contributed by atoms with Crippen LogP contribution in [0.3, 0.4) is 0 Å². The van der Waals surface area contributed by atoms with E-state index in [0.717, 1.165) is 23.3 Å². The number of carbonyl (C=O) groups is 1. The molecule has 3 aromatic rings. The molecule has 0 saturated carbocycles. The maximum absolute atomic E-state index is 12.6. The van der Waals surface area contributed by atoms with E-state index < -0.39 is 0 Å². The van der Waals surface area contributed by atoms with Gasteiger partial charge in [0.05, 0.1) is 18.2 Å². The van der Waals surface area contributed by atoms with E-state index in [1.165, 1.54) is 22.5 Å². The molecule has 0 amide bonds. The quantitative estimate of drug-likeness (QED) is 0.245. The van der Waals surface area contributed by atoms with Gasteiger partial charge in [-0.2, -0.15) is 0 Å². The van der Waals surface area contributed by atoms with E-state index in [0.29, 0.717) is 28.2 Å². The molecule has 1 heterocycles. The number of rotatable bonds is 9. The lowest BCUT2D eigenvalue weighted by molar-refractivity contribution is 0.0528. The van der Waals surface area contributed by atoms with E-state index in [2.05, 4.69) is 55.7 Å². The van der Waals surface area contributed by atoms with Crippen LogP contribution >= 0.6 is 23.6 Å². The van der Waals surface area contributed by atoms with E-state index in [-0.39, 0.29) is 12.0 Å². The molecule has 0 saturated heterocycles. The summed E-state index contributed by atoms with van der Waals surface area (Å²) in [5.74, 6) is 0.197. The summed E-state index contributed by atoms with van der Waals surface area (Å²) in [7, 11) is 0. The van der Waals surface area contributed by atoms with Gasteiger partial charge in [0.25, 0.3) is 0 Å². The Labute approximate surface area is 206 Å². The summed E-state index contributed by atoms with van der Waals surface area (Å²) in [4.78, 5) is 13.6. The van der Waals surface area contributed by atoms with E-state index in [4.69, 9.17) is 17.0 Å². The van der Waals surface area contributed by atoms with Crippen LogP contribution in [0.4, 0.5) is 5.00 Å². The topological polar surface area (TPSA) is 50.4 Å². The fourth-order valence-corrected chi connectivity index (χ4v) is 4.96. The second kappa shape index (κ2) is 12.0. The fraction of sp³-hybridized carbons (Fsp3) is 0.333. The molecule has 2 N–H and O–H groups in total. The van der Waals surface area contributed by atoms with Crippen molar-refractivity contribution in [3.63, 3.8) is 0 Å². The highest BCUT2D eigenvalue weighted by molar-refractivity contribution is 7.80. The fourth-order valence-electron chi connectivity index (χ4n) is 3.60. The number of hydrogen-bond acceptors (Lipinski definition) is 4. The van der Waals surface area contributed by atoms with Crippen LogP contribution in [-0.4, -0.2) is 17.7 Å². The van der Waals surface area contributed by atoms with Gasteiger partial charge >= 0.3 is 5.97 Å². The summed E-state index contributed by atoms with van der Waals surface area (Å²) in [5, 5.41) is 7.84. The van der Waals surface area contributed by atoms with Gasteiger partial charge in [-0.1, -0.05) is 75.4 Å². The summed E-state index contributed by atoms with van der Waals surface area (Å²) in [6.45, 7) is 8.71. The highest BCUT2D eigenvalue weighted by Gasteiger charge is 2.20. The minimum atomic E-state index is -0.353. The molecule has 0 aliphatic heterocycles. The van der Waals surface area contributed by atoms with Crippen LogP contribution in [0.2, 0.25) is 0 Å². The number of benzene rings is 2. The molecule has 2 atom stereocenters. The lowest BCUT2D eigenvalue weighted by Gasteiger charge is -2.21. The number of esters is 1. The van der Waals surface area contributed by atoms with Crippen molar-refractivity contribution in [2.24, 2.45) is 0 Å².